The van der Waals surface area contributed by atoms with Gasteiger partial charge in [0.1, 0.15) is 6.04 Å². The molecule has 4 rings (SSSR count). The Bertz CT molecular complexity index is 796. The summed E-state index contributed by atoms with van der Waals surface area (Å²) >= 11 is 0. The predicted octanol–water partition coefficient (Wildman–Crippen LogP) is -0.559. The number of likely N-dealkylation sites (N-methyl/N-ethyl adjacent to an activating group) is 1. The molecule has 3 aliphatic rings. The van der Waals surface area contributed by atoms with Crippen LogP contribution in [0.5, 0.6) is 0 Å². The first-order valence-corrected chi connectivity index (χ1v) is 9.91. The lowest BCUT2D eigenvalue weighted by atomic mass is 10.0. The second-order valence-corrected chi connectivity index (χ2v) is 7.89. The first-order chi connectivity index (χ1) is 13.5. The van der Waals surface area contributed by atoms with Crippen LogP contribution in [-0.2, 0) is 22.7 Å². The van der Waals surface area contributed by atoms with E-state index in [1.54, 1.807) is 4.90 Å². The van der Waals surface area contributed by atoms with Gasteiger partial charge in [-0.15, -0.1) is 0 Å². The van der Waals surface area contributed by atoms with Gasteiger partial charge in [0.05, 0.1) is 0 Å². The molecule has 2 unspecified atom stereocenters. The lowest BCUT2D eigenvalue weighted by Crippen LogP contribution is -2.53. The van der Waals surface area contributed by atoms with E-state index in [1.165, 1.54) is 0 Å². The van der Waals surface area contributed by atoms with Crippen LogP contribution in [-0.4, -0.2) is 72.8 Å². The number of piperazine rings is 1. The third-order valence-electron chi connectivity index (χ3n) is 5.84. The van der Waals surface area contributed by atoms with Crippen LogP contribution in [0.4, 0.5) is 0 Å². The molecule has 3 N–H and O–H groups in total. The number of hydrogen-bond donors (Lipinski definition) is 3. The zero-order valence-electron chi connectivity index (χ0n) is 16.2. The zero-order valence-corrected chi connectivity index (χ0v) is 16.2. The number of amides is 3. The van der Waals surface area contributed by atoms with Crippen LogP contribution in [0.25, 0.3) is 0 Å². The molecule has 2 saturated heterocycles. The van der Waals surface area contributed by atoms with E-state index >= 15 is 0 Å². The molecule has 1 aromatic rings. The van der Waals surface area contributed by atoms with Gasteiger partial charge in [0, 0.05) is 57.3 Å². The summed E-state index contributed by atoms with van der Waals surface area (Å²) in [6.07, 6.45) is 0.659. The molecule has 3 heterocycles. The summed E-state index contributed by atoms with van der Waals surface area (Å²) in [6, 6.07) is 5.60. The van der Waals surface area contributed by atoms with Crippen LogP contribution in [0.2, 0.25) is 0 Å². The molecule has 0 bridgehead atoms. The number of carbonyl (C=O) groups is 3. The van der Waals surface area contributed by atoms with Gasteiger partial charge < -0.3 is 20.4 Å². The molecule has 8 nitrogen and oxygen atoms in total. The summed E-state index contributed by atoms with van der Waals surface area (Å²) in [4.78, 5) is 40.4. The van der Waals surface area contributed by atoms with Gasteiger partial charge in [-0.05, 0) is 30.7 Å². The largest absolute Gasteiger partial charge is 0.322 e. The van der Waals surface area contributed by atoms with Crippen LogP contribution in [0.1, 0.15) is 34.3 Å². The topological polar surface area (TPSA) is 93.8 Å². The van der Waals surface area contributed by atoms with Gasteiger partial charge in [-0.2, -0.15) is 0 Å². The normalized spacial score (nSPS) is 25.8. The highest BCUT2D eigenvalue weighted by Gasteiger charge is 2.39. The Balaban J connectivity index is 1.41. The van der Waals surface area contributed by atoms with E-state index in [-0.39, 0.29) is 24.1 Å². The molecule has 0 aromatic heterocycles. The van der Waals surface area contributed by atoms with Crippen LogP contribution >= 0.6 is 0 Å². The molecule has 3 amide bonds. The number of hydrogen-bond acceptors (Lipinski definition) is 6. The van der Waals surface area contributed by atoms with Gasteiger partial charge >= 0.3 is 0 Å². The Morgan fingerprint density at radius 2 is 2.11 bits per heavy atom. The standard InChI is InChI=1S/C20H27N5O3/c1-24-8-7-22-14(11-24)10-21-9-13-3-2-4-15-16(13)12-25(20(15)28)17-5-6-18(26)23-19(17)27/h2-4,14,17,21-22H,5-12H2,1H3,(H,23,26,27). The fourth-order valence-electron chi connectivity index (χ4n) is 4.32. The molecule has 1 aromatic carbocycles. The van der Waals surface area contributed by atoms with E-state index in [0.717, 1.165) is 37.3 Å². The molecule has 0 saturated carbocycles. The monoisotopic (exact) mass is 385 g/mol. The Kier molecular flexibility index (Phi) is 5.43. The van der Waals surface area contributed by atoms with Gasteiger partial charge in [-0.25, -0.2) is 0 Å². The van der Waals surface area contributed by atoms with Crippen molar-refractivity contribution in [2.75, 3.05) is 33.2 Å². The van der Waals surface area contributed by atoms with Gasteiger partial charge in [0.2, 0.25) is 11.8 Å². The Morgan fingerprint density at radius 1 is 1.25 bits per heavy atom. The summed E-state index contributed by atoms with van der Waals surface area (Å²) in [6.45, 7) is 5.05. The first-order valence-electron chi connectivity index (χ1n) is 9.91. The maximum atomic E-state index is 12.9. The fraction of sp³-hybridized carbons (Fsp3) is 0.550. The quantitative estimate of drug-likeness (QED) is 0.589. The highest BCUT2D eigenvalue weighted by molar-refractivity contribution is 6.05. The first kappa shape index (κ1) is 19.0. The van der Waals surface area contributed by atoms with Crippen molar-refractivity contribution in [1.82, 2.24) is 25.8 Å². The molecule has 3 aliphatic heterocycles. The van der Waals surface area contributed by atoms with Gasteiger partial charge in [-0.1, -0.05) is 12.1 Å². The summed E-state index contributed by atoms with van der Waals surface area (Å²) in [5.74, 6) is -0.760. The molecular formula is C20H27N5O3. The fourth-order valence-corrected chi connectivity index (χ4v) is 4.32. The van der Waals surface area contributed by atoms with Crippen molar-refractivity contribution in [3.63, 3.8) is 0 Å². The summed E-state index contributed by atoms with van der Waals surface area (Å²) in [5.41, 5.74) is 2.74. The molecule has 0 radical (unpaired) electrons. The molecular weight excluding hydrogens is 358 g/mol. The minimum Gasteiger partial charge on any atom is -0.322 e. The maximum absolute atomic E-state index is 12.9. The van der Waals surface area contributed by atoms with Crippen molar-refractivity contribution in [3.05, 3.63) is 34.9 Å². The second kappa shape index (κ2) is 7.98. The number of fused-ring (bicyclic) bond motifs is 1. The molecule has 2 atom stereocenters. The van der Waals surface area contributed by atoms with Crippen LogP contribution in [0.3, 0.4) is 0 Å². The van der Waals surface area contributed by atoms with Gasteiger partial charge in [0.15, 0.2) is 0 Å². The van der Waals surface area contributed by atoms with Gasteiger partial charge in [-0.3, -0.25) is 19.7 Å². The summed E-state index contributed by atoms with van der Waals surface area (Å²) in [5, 5.41) is 9.37. The molecule has 0 aliphatic carbocycles. The van der Waals surface area contributed by atoms with E-state index in [4.69, 9.17) is 0 Å². The van der Waals surface area contributed by atoms with E-state index in [1.807, 2.05) is 18.2 Å². The van der Waals surface area contributed by atoms with E-state index in [2.05, 4.69) is 27.9 Å². The van der Waals surface area contributed by atoms with E-state index < -0.39 is 6.04 Å². The van der Waals surface area contributed by atoms with E-state index in [9.17, 15) is 14.4 Å². The lowest BCUT2D eigenvalue weighted by Gasteiger charge is -2.31. The number of benzene rings is 1. The average molecular weight is 385 g/mol. The Hall–Kier alpha value is -2.29. The van der Waals surface area contributed by atoms with Crippen LogP contribution < -0.4 is 16.0 Å². The van der Waals surface area contributed by atoms with Crippen molar-refractivity contribution in [3.8, 4) is 0 Å². The number of piperidine rings is 1. The number of nitrogens with one attached hydrogen (secondary N) is 3. The van der Waals surface area contributed by atoms with E-state index in [0.29, 0.717) is 31.1 Å². The Labute approximate surface area is 164 Å². The minimum atomic E-state index is -0.569. The smallest absolute Gasteiger partial charge is 0.255 e. The van der Waals surface area contributed by atoms with Crippen molar-refractivity contribution in [1.29, 1.82) is 0 Å². The third kappa shape index (κ3) is 3.80. The molecule has 8 heteroatoms. The average Bonchev–Trinajstić information content (AvgIpc) is 2.99. The van der Waals surface area contributed by atoms with Crippen molar-refractivity contribution < 1.29 is 14.4 Å². The molecule has 0 spiro atoms. The SMILES string of the molecule is CN1CCNC(CNCc2cccc3c2CN(C2CCC(=O)NC2=O)C3=O)C1. The van der Waals surface area contributed by atoms with Crippen molar-refractivity contribution in [2.24, 2.45) is 0 Å². The Morgan fingerprint density at radius 3 is 2.89 bits per heavy atom. The van der Waals surface area contributed by atoms with Crippen LogP contribution in [0, 0.1) is 0 Å². The molecule has 28 heavy (non-hydrogen) atoms. The van der Waals surface area contributed by atoms with Crippen molar-refractivity contribution >= 4 is 17.7 Å². The van der Waals surface area contributed by atoms with Crippen molar-refractivity contribution in [2.45, 2.75) is 38.0 Å². The highest BCUT2D eigenvalue weighted by atomic mass is 16.2. The summed E-state index contributed by atoms with van der Waals surface area (Å²) < 4.78 is 0. The number of carbonyl (C=O) groups excluding carboxylic acids is 3. The summed E-state index contributed by atoms with van der Waals surface area (Å²) in [7, 11) is 2.13. The highest BCUT2D eigenvalue weighted by Crippen LogP contribution is 2.29. The van der Waals surface area contributed by atoms with Gasteiger partial charge in [0.25, 0.3) is 5.91 Å². The van der Waals surface area contributed by atoms with Crippen LogP contribution in [0.15, 0.2) is 18.2 Å². The third-order valence-corrected chi connectivity index (χ3v) is 5.84. The predicted molar refractivity (Wildman–Crippen MR) is 103 cm³/mol. The lowest BCUT2D eigenvalue weighted by molar-refractivity contribution is -0.136. The molecule has 2 fully saturated rings. The minimum absolute atomic E-state index is 0.123. The number of imide groups is 1. The molecule has 150 valence electrons. The number of rotatable bonds is 5. The zero-order chi connectivity index (χ0) is 19.7. The second-order valence-electron chi connectivity index (χ2n) is 7.89. The maximum Gasteiger partial charge on any atom is 0.255 e. The number of nitrogens with zero attached hydrogens (tertiary/aromatic N) is 2.